The molecule has 2 amide bonds. The van der Waals surface area contributed by atoms with Crippen LogP contribution in [0.1, 0.15) is 24.2 Å². The molecule has 1 aliphatic heterocycles. The second-order valence-corrected chi connectivity index (χ2v) is 6.16. The predicted octanol–water partition coefficient (Wildman–Crippen LogP) is 2.71. The molecular formula is C15H12F3N3O4S. The molecule has 1 atom stereocenters. The number of nitrogens with one attached hydrogen (secondary N) is 2. The first-order valence-corrected chi connectivity index (χ1v) is 8.16. The van der Waals surface area contributed by atoms with Gasteiger partial charge >= 0.3 is 18.0 Å². The zero-order valence-electron chi connectivity index (χ0n) is 13.2. The van der Waals surface area contributed by atoms with E-state index >= 15 is 0 Å². The van der Waals surface area contributed by atoms with Gasteiger partial charge in [0.1, 0.15) is 0 Å². The topological polar surface area (TPSA) is 89.6 Å². The van der Waals surface area contributed by atoms with Crippen molar-refractivity contribution in [1.29, 1.82) is 0 Å². The molecule has 1 aliphatic rings. The van der Waals surface area contributed by atoms with Crippen molar-refractivity contribution < 1.29 is 32.2 Å². The Labute approximate surface area is 149 Å². The lowest BCUT2D eigenvalue weighted by Gasteiger charge is -2.14. The van der Waals surface area contributed by atoms with Crippen molar-refractivity contribution >= 4 is 28.3 Å². The Morgan fingerprint density at radius 3 is 2.65 bits per heavy atom. The van der Waals surface area contributed by atoms with Gasteiger partial charge in [0.2, 0.25) is 6.79 Å². The summed E-state index contributed by atoms with van der Waals surface area (Å²) in [5, 5.41) is 4.94. The lowest BCUT2D eigenvalue weighted by Crippen LogP contribution is -2.36. The number of carbonyl (C=O) groups is 2. The van der Waals surface area contributed by atoms with Gasteiger partial charge in [0.15, 0.2) is 22.3 Å². The summed E-state index contributed by atoms with van der Waals surface area (Å²) in [7, 11) is 0. The number of benzene rings is 1. The van der Waals surface area contributed by atoms with Gasteiger partial charge in [-0.05, 0) is 24.6 Å². The van der Waals surface area contributed by atoms with Gasteiger partial charge in [-0.2, -0.15) is 13.2 Å². The van der Waals surface area contributed by atoms with E-state index in [1.807, 2.05) is 5.32 Å². The first kappa shape index (κ1) is 18.0. The fraction of sp³-hybridized carbons (Fsp3) is 0.267. The van der Waals surface area contributed by atoms with E-state index in [-0.39, 0.29) is 11.9 Å². The minimum absolute atomic E-state index is 0.107. The summed E-state index contributed by atoms with van der Waals surface area (Å²) in [4.78, 5) is 27.0. The van der Waals surface area contributed by atoms with Crippen molar-refractivity contribution in [3.63, 3.8) is 0 Å². The zero-order valence-corrected chi connectivity index (χ0v) is 14.0. The van der Waals surface area contributed by atoms with Gasteiger partial charge in [0.05, 0.1) is 6.04 Å². The smallest absolute Gasteiger partial charge is 0.434 e. The van der Waals surface area contributed by atoms with Crippen LogP contribution in [0, 0.1) is 0 Å². The molecule has 0 unspecified atom stereocenters. The highest BCUT2D eigenvalue weighted by atomic mass is 32.1. The quantitative estimate of drug-likeness (QED) is 0.791. The highest BCUT2D eigenvalue weighted by molar-refractivity contribution is 7.14. The lowest BCUT2D eigenvalue weighted by atomic mass is 10.1. The van der Waals surface area contributed by atoms with Crippen molar-refractivity contribution in [3.8, 4) is 11.5 Å². The Kier molecular flexibility index (Phi) is 4.72. The number of alkyl halides is 3. The molecule has 0 bridgehead atoms. The number of anilines is 1. The number of thiazole rings is 1. The van der Waals surface area contributed by atoms with Crippen LogP contribution < -0.4 is 20.1 Å². The Bertz CT molecular complexity index is 853. The fourth-order valence-corrected chi connectivity index (χ4v) is 2.86. The standard InChI is InChI=1S/C15H12F3N3O4S/c1-7(8-2-3-9-10(4-8)25-6-24-9)19-12(22)13(23)21-14-20-11(5-26-14)15(16,17)18/h2-5,7H,6H2,1H3,(H,19,22)(H,20,21,23)/t7-/m0/s1. The number of aromatic nitrogens is 1. The van der Waals surface area contributed by atoms with Crippen molar-refractivity contribution in [3.05, 3.63) is 34.8 Å². The summed E-state index contributed by atoms with van der Waals surface area (Å²) in [6.07, 6.45) is -4.62. The van der Waals surface area contributed by atoms with E-state index in [1.165, 1.54) is 0 Å². The molecule has 0 saturated heterocycles. The normalized spacial score (nSPS) is 14.0. The van der Waals surface area contributed by atoms with Crippen LogP contribution >= 0.6 is 11.3 Å². The summed E-state index contributed by atoms with van der Waals surface area (Å²) in [6, 6.07) is 4.51. The summed E-state index contributed by atoms with van der Waals surface area (Å²) in [6.45, 7) is 1.75. The van der Waals surface area contributed by atoms with Crippen molar-refractivity contribution in [2.45, 2.75) is 19.1 Å². The van der Waals surface area contributed by atoms with Gasteiger partial charge in [-0.1, -0.05) is 6.07 Å². The Hall–Kier alpha value is -2.82. The van der Waals surface area contributed by atoms with Gasteiger partial charge in [-0.15, -0.1) is 11.3 Å². The molecule has 2 heterocycles. The first-order valence-electron chi connectivity index (χ1n) is 7.28. The number of fused-ring (bicyclic) bond motifs is 1. The summed E-state index contributed by atoms with van der Waals surface area (Å²) in [5.41, 5.74) is -0.462. The fourth-order valence-electron chi connectivity index (χ4n) is 2.14. The van der Waals surface area contributed by atoms with Crippen LogP contribution in [0.25, 0.3) is 0 Å². The lowest BCUT2D eigenvalue weighted by molar-refractivity contribution is -0.140. The minimum atomic E-state index is -4.62. The molecule has 0 spiro atoms. The number of rotatable bonds is 3. The van der Waals surface area contributed by atoms with Crippen molar-refractivity contribution in [1.82, 2.24) is 10.3 Å². The maximum Gasteiger partial charge on any atom is 0.434 e. The van der Waals surface area contributed by atoms with Gasteiger partial charge in [0.25, 0.3) is 0 Å². The van der Waals surface area contributed by atoms with Gasteiger partial charge in [-0.25, -0.2) is 4.98 Å². The van der Waals surface area contributed by atoms with E-state index in [4.69, 9.17) is 9.47 Å². The third-order valence-electron chi connectivity index (χ3n) is 3.47. The molecule has 0 fully saturated rings. The van der Waals surface area contributed by atoms with Gasteiger partial charge < -0.3 is 14.8 Å². The van der Waals surface area contributed by atoms with E-state index in [9.17, 15) is 22.8 Å². The van der Waals surface area contributed by atoms with Gasteiger partial charge in [0, 0.05) is 5.38 Å². The molecule has 138 valence electrons. The third kappa shape index (κ3) is 3.87. The number of hydrogen-bond donors (Lipinski definition) is 2. The summed E-state index contributed by atoms with van der Waals surface area (Å²) >= 11 is 0.577. The van der Waals surface area contributed by atoms with Crippen molar-refractivity contribution in [2.24, 2.45) is 0 Å². The molecule has 2 aromatic rings. The largest absolute Gasteiger partial charge is 0.454 e. The number of nitrogens with zero attached hydrogens (tertiary/aromatic N) is 1. The molecule has 0 saturated carbocycles. The number of amides is 2. The minimum Gasteiger partial charge on any atom is -0.454 e. The van der Waals surface area contributed by atoms with E-state index in [0.29, 0.717) is 28.4 Å². The van der Waals surface area contributed by atoms with Crippen molar-refractivity contribution in [2.75, 3.05) is 12.1 Å². The molecule has 1 aromatic heterocycles. The third-order valence-corrected chi connectivity index (χ3v) is 4.22. The molecule has 7 nitrogen and oxygen atoms in total. The number of carbonyl (C=O) groups excluding carboxylic acids is 2. The monoisotopic (exact) mass is 387 g/mol. The molecule has 0 radical (unpaired) electrons. The number of hydrogen-bond acceptors (Lipinski definition) is 6. The Morgan fingerprint density at radius 2 is 1.96 bits per heavy atom. The Balaban J connectivity index is 1.60. The SMILES string of the molecule is C[C@H](NC(=O)C(=O)Nc1nc(C(F)(F)F)cs1)c1ccc2c(c1)OCO2. The van der Waals surface area contributed by atoms with Crippen LogP contribution in [0.3, 0.4) is 0 Å². The van der Waals surface area contributed by atoms with Crippen LogP contribution in [0.15, 0.2) is 23.6 Å². The molecule has 0 aliphatic carbocycles. The van der Waals surface area contributed by atoms with Crippen LogP contribution in [0.2, 0.25) is 0 Å². The van der Waals surface area contributed by atoms with Crippen LogP contribution in [-0.4, -0.2) is 23.6 Å². The molecule has 26 heavy (non-hydrogen) atoms. The maximum atomic E-state index is 12.5. The predicted molar refractivity (Wildman–Crippen MR) is 84.9 cm³/mol. The average Bonchev–Trinajstić information content (AvgIpc) is 3.22. The van der Waals surface area contributed by atoms with E-state index < -0.39 is 29.7 Å². The Morgan fingerprint density at radius 1 is 1.23 bits per heavy atom. The van der Waals surface area contributed by atoms with Gasteiger partial charge in [-0.3, -0.25) is 14.9 Å². The molecular weight excluding hydrogens is 375 g/mol. The highest BCUT2D eigenvalue weighted by Gasteiger charge is 2.34. The molecule has 11 heteroatoms. The molecule has 2 N–H and O–H groups in total. The van der Waals surface area contributed by atoms with E-state index in [2.05, 4.69) is 10.3 Å². The summed E-state index contributed by atoms with van der Waals surface area (Å²) < 4.78 is 47.9. The van der Waals surface area contributed by atoms with E-state index in [1.54, 1.807) is 25.1 Å². The highest BCUT2D eigenvalue weighted by Crippen LogP contribution is 2.34. The molecule has 1 aromatic carbocycles. The zero-order chi connectivity index (χ0) is 18.9. The van der Waals surface area contributed by atoms with E-state index in [0.717, 1.165) is 5.38 Å². The number of halogens is 3. The van der Waals surface area contributed by atoms with Crippen LogP contribution in [0.4, 0.5) is 18.3 Å². The average molecular weight is 387 g/mol. The number of ether oxygens (including phenoxy) is 2. The second kappa shape index (κ2) is 6.83. The van der Waals surface area contributed by atoms with Crippen LogP contribution in [-0.2, 0) is 15.8 Å². The van der Waals surface area contributed by atoms with Crippen LogP contribution in [0.5, 0.6) is 11.5 Å². The first-order chi connectivity index (χ1) is 12.2. The summed E-state index contributed by atoms with van der Waals surface area (Å²) in [5.74, 6) is -1.01. The maximum absolute atomic E-state index is 12.5. The molecule has 3 rings (SSSR count). The second-order valence-electron chi connectivity index (χ2n) is 5.30.